The standard InChI is InChI=1S/C16H18N4O4/c1-2-13-10-16(22)19(11-18-13)8-7-17-15(21)9-12-3-5-14(6-4-12)20(23)24/h3-6,10-11H,2,7-9H2,1H3,(H,17,21). The summed E-state index contributed by atoms with van der Waals surface area (Å²) >= 11 is 0. The maximum absolute atomic E-state index is 11.9. The zero-order valence-electron chi connectivity index (χ0n) is 13.3. The van der Waals surface area contributed by atoms with Crippen molar-refractivity contribution in [2.24, 2.45) is 0 Å². The minimum Gasteiger partial charge on any atom is -0.354 e. The van der Waals surface area contributed by atoms with Gasteiger partial charge in [0.25, 0.3) is 11.2 Å². The van der Waals surface area contributed by atoms with E-state index < -0.39 is 4.92 Å². The summed E-state index contributed by atoms with van der Waals surface area (Å²) < 4.78 is 1.44. The Balaban J connectivity index is 1.83. The Labute approximate surface area is 138 Å². The van der Waals surface area contributed by atoms with Gasteiger partial charge in [0, 0.05) is 37.0 Å². The molecule has 1 aromatic heterocycles. The van der Waals surface area contributed by atoms with Crippen LogP contribution in [0.25, 0.3) is 0 Å². The first kappa shape index (κ1) is 17.3. The second kappa shape index (κ2) is 8.00. The Morgan fingerprint density at radius 1 is 1.33 bits per heavy atom. The summed E-state index contributed by atoms with van der Waals surface area (Å²) in [5, 5.41) is 13.3. The number of carbonyl (C=O) groups is 1. The first-order chi connectivity index (χ1) is 11.5. The molecular weight excluding hydrogens is 312 g/mol. The molecule has 0 aliphatic heterocycles. The first-order valence-electron chi connectivity index (χ1n) is 7.55. The van der Waals surface area contributed by atoms with Crippen molar-refractivity contribution in [1.82, 2.24) is 14.9 Å². The fraction of sp³-hybridized carbons (Fsp3) is 0.312. The Morgan fingerprint density at radius 3 is 2.62 bits per heavy atom. The number of nitrogens with zero attached hydrogens (tertiary/aromatic N) is 3. The van der Waals surface area contributed by atoms with E-state index in [0.717, 1.165) is 5.69 Å². The van der Waals surface area contributed by atoms with E-state index in [9.17, 15) is 19.7 Å². The summed E-state index contributed by atoms with van der Waals surface area (Å²) in [5.41, 5.74) is 1.26. The van der Waals surface area contributed by atoms with E-state index in [2.05, 4.69) is 10.3 Å². The Hall–Kier alpha value is -3.03. The monoisotopic (exact) mass is 330 g/mol. The number of rotatable bonds is 7. The van der Waals surface area contributed by atoms with Crippen LogP contribution in [0, 0.1) is 10.1 Å². The molecule has 0 aliphatic rings. The van der Waals surface area contributed by atoms with Crippen LogP contribution in [0.3, 0.4) is 0 Å². The van der Waals surface area contributed by atoms with E-state index in [4.69, 9.17) is 0 Å². The number of hydrogen-bond donors (Lipinski definition) is 1. The topological polar surface area (TPSA) is 107 Å². The van der Waals surface area contributed by atoms with Crippen LogP contribution >= 0.6 is 0 Å². The number of aromatic nitrogens is 2. The van der Waals surface area contributed by atoms with Crippen molar-refractivity contribution in [2.45, 2.75) is 26.3 Å². The molecule has 1 amide bonds. The van der Waals surface area contributed by atoms with Crippen molar-refractivity contribution >= 4 is 11.6 Å². The van der Waals surface area contributed by atoms with Gasteiger partial charge in [-0.15, -0.1) is 0 Å². The van der Waals surface area contributed by atoms with Crippen molar-refractivity contribution in [3.63, 3.8) is 0 Å². The average molecular weight is 330 g/mol. The molecule has 0 bridgehead atoms. The molecule has 0 unspecified atom stereocenters. The van der Waals surface area contributed by atoms with E-state index in [-0.39, 0.29) is 23.6 Å². The highest BCUT2D eigenvalue weighted by molar-refractivity contribution is 5.78. The normalized spacial score (nSPS) is 10.4. The summed E-state index contributed by atoms with van der Waals surface area (Å²) in [6.07, 6.45) is 2.30. The van der Waals surface area contributed by atoms with E-state index in [1.165, 1.54) is 29.1 Å². The number of benzene rings is 1. The predicted molar refractivity (Wildman–Crippen MR) is 87.7 cm³/mol. The third-order valence-corrected chi connectivity index (χ3v) is 3.49. The van der Waals surface area contributed by atoms with Gasteiger partial charge in [0.15, 0.2) is 0 Å². The van der Waals surface area contributed by atoms with E-state index in [0.29, 0.717) is 25.1 Å². The van der Waals surface area contributed by atoms with Crippen LogP contribution in [0.4, 0.5) is 5.69 Å². The van der Waals surface area contributed by atoms with Crippen LogP contribution in [0.1, 0.15) is 18.2 Å². The van der Waals surface area contributed by atoms with Gasteiger partial charge in [-0.1, -0.05) is 19.1 Å². The Kier molecular flexibility index (Phi) is 5.78. The van der Waals surface area contributed by atoms with Gasteiger partial charge in [-0.25, -0.2) is 4.98 Å². The number of nitrogens with one attached hydrogen (secondary N) is 1. The van der Waals surface area contributed by atoms with Gasteiger partial charge in [-0.3, -0.25) is 24.3 Å². The molecule has 8 nitrogen and oxygen atoms in total. The quantitative estimate of drug-likeness (QED) is 0.603. The molecule has 24 heavy (non-hydrogen) atoms. The number of aryl methyl sites for hydroxylation is 1. The van der Waals surface area contributed by atoms with Gasteiger partial charge in [0.1, 0.15) is 0 Å². The van der Waals surface area contributed by atoms with E-state index in [1.807, 2.05) is 6.92 Å². The molecule has 0 radical (unpaired) electrons. The lowest BCUT2D eigenvalue weighted by Gasteiger charge is -2.08. The fourth-order valence-corrected chi connectivity index (χ4v) is 2.12. The third-order valence-electron chi connectivity index (χ3n) is 3.49. The van der Waals surface area contributed by atoms with Crippen molar-refractivity contribution < 1.29 is 9.72 Å². The number of hydrogen-bond acceptors (Lipinski definition) is 5. The molecule has 1 heterocycles. The molecule has 1 aromatic carbocycles. The molecule has 2 rings (SSSR count). The Morgan fingerprint density at radius 2 is 2.04 bits per heavy atom. The van der Waals surface area contributed by atoms with Gasteiger partial charge < -0.3 is 5.32 Å². The molecule has 8 heteroatoms. The van der Waals surface area contributed by atoms with E-state index in [1.54, 1.807) is 12.1 Å². The van der Waals surface area contributed by atoms with Crippen molar-refractivity contribution in [3.8, 4) is 0 Å². The molecule has 0 saturated carbocycles. The number of carbonyl (C=O) groups excluding carboxylic acids is 1. The lowest BCUT2D eigenvalue weighted by Crippen LogP contribution is -2.31. The molecular formula is C16H18N4O4. The highest BCUT2D eigenvalue weighted by atomic mass is 16.6. The zero-order chi connectivity index (χ0) is 17.5. The van der Waals surface area contributed by atoms with Crippen LogP contribution in [-0.2, 0) is 24.2 Å². The molecule has 0 saturated heterocycles. The van der Waals surface area contributed by atoms with Crippen LogP contribution in [0.2, 0.25) is 0 Å². The van der Waals surface area contributed by atoms with Crippen LogP contribution in [0.15, 0.2) is 41.5 Å². The Bertz CT molecular complexity index is 783. The molecule has 1 N–H and O–H groups in total. The van der Waals surface area contributed by atoms with Crippen molar-refractivity contribution in [1.29, 1.82) is 0 Å². The molecule has 0 aliphatic carbocycles. The molecule has 0 fully saturated rings. The third kappa shape index (κ3) is 4.73. The van der Waals surface area contributed by atoms with Crippen LogP contribution in [0.5, 0.6) is 0 Å². The lowest BCUT2D eigenvalue weighted by atomic mass is 10.1. The van der Waals surface area contributed by atoms with E-state index >= 15 is 0 Å². The van der Waals surface area contributed by atoms with Gasteiger partial charge >= 0.3 is 0 Å². The smallest absolute Gasteiger partial charge is 0.269 e. The summed E-state index contributed by atoms with van der Waals surface area (Å²) in [6.45, 7) is 2.56. The summed E-state index contributed by atoms with van der Waals surface area (Å²) in [7, 11) is 0. The SMILES string of the molecule is CCc1cc(=O)n(CCNC(=O)Cc2ccc([N+](=O)[O-])cc2)cn1. The maximum atomic E-state index is 11.9. The first-order valence-corrected chi connectivity index (χ1v) is 7.55. The molecule has 0 spiro atoms. The average Bonchev–Trinajstić information content (AvgIpc) is 2.56. The second-order valence-corrected chi connectivity index (χ2v) is 5.22. The summed E-state index contributed by atoms with van der Waals surface area (Å²) in [6, 6.07) is 7.32. The largest absolute Gasteiger partial charge is 0.354 e. The minimum absolute atomic E-state index is 0.0124. The second-order valence-electron chi connectivity index (χ2n) is 5.22. The number of amides is 1. The predicted octanol–water partition coefficient (Wildman–Crippen LogP) is 1.07. The molecule has 126 valence electrons. The molecule has 2 aromatic rings. The van der Waals surface area contributed by atoms with Crippen molar-refractivity contribution in [3.05, 3.63) is 68.4 Å². The lowest BCUT2D eigenvalue weighted by molar-refractivity contribution is -0.384. The van der Waals surface area contributed by atoms with Gasteiger partial charge in [0.05, 0.1) is 17.7 Å². The summed E-state index contributed by atoms with van der Waals surface area (Å²) in [4.78, 5) is 37.9. The van der Waals surface area contributed by atoms with Gasteiger partial charge in [-0.2, -0.15) is 0 Å². The van der Waals surface area contributed by atoms with Gasteiger partial charge in [-0.05, 0) is 12.0 Å². The number of nitro groups is 1. The zero-order valence-corrected chi connectivity index (χ0v) is 13.3. The van der Waals surface area contributed by atoms with Gasteiger partial charge in [0.2, 0.25) is 5.91 Å². The number of non-ortho nitro benzene ring substituents is 1. The van der Waals surface area contributed by atoms with Crippen LogP contribution in [-0.4, -0.2) is 26.9 Å². The highest BCUT2D eigenvalue weighted by Crippen LogP contribution is 2.12. The minimum atomic E-state index is -0.487. The highest BCUT2D eigenvalue weighted by Gasteiger charge is 2.07. The number of nitro benzene ring substituents is 1. The molecule has 0 atom stereocenters. The summed E-state index contributed by atoms with van der Waals surface area (Å²) in [5.74, 6) is -0.213. The maximum Gasteiger partial charge on any atom is 0.269 e. The fourth-order valence-electron chi connectivity index (χ4n) is 2.12. The van der Waals surface area contributed by atoms with Crippen molar-refractivity contribution in [2.75, 3.05) is 6.54 Å². The van der Waals surface area contributed by atoms with Crippen LogP contribution < -0.4 is 10.9 Å².